The van der Waals surface area contributed by atoms with Crippen molar-refractivity contribution in [3.8, 4) is 0 Å². The molecule has 7 heteroatoms. The topological polar surface area (TPSA) is 88.6 Å². The van der Waals surface area contributed by atoms with Gasteiger partial charge in [-0.2, -0.15) is 0 Å². The zero-order valence-corrected chi connectivity index (χ0v) is 33.0. The summed E-state index contributed by atoms with van der Waals surface area (Å²) in [7, 11) is 0. The van der Waals surface area contributed by atoms with E-state index in [1.165, 1.54) is 44.9 Å². The number of carbonyl (C=O) groups is 3. The highest BCUT2D eigenvalue weighted by Crippen LogP contribution is 2.37. The Morgan fingerprint density at radius 2 is 1.52 bits per heavy atom. The summed E-state index contributed by atoms with van der Waals surface area (Å²) in [5.74, 6) is 0.821. The van der Waals surface area contributed by atoms with Crippen LogP contribution in [-0.2, 0) is 4.74 Å². The fourth-order valence-electron chi connectivity index (χ4n) is 7.03. The minimum atomic E-state index is -0.237. The van der Waals surface area contributed by atoms with Gasteiger partial charge in [0.2, 0.25) is 0 Å². The van der Waals surface area contributed by atoms with Gasteiger partial charge in [0.15, 0.2) is 5.78 Å². The van der Waals surface area contributed by atoms with Crippen LogP contribution in [0.25, 0.3) is 11.6 Å². The Labute approximate surface area is 322 Å². The van der Waals surface area contributed by atoms with E-state index in [-0.39, 0.29) is 17.6 Å². The first kappa shape index (κ1) is 40.3. The molecule has 54 heavy (non-hydrogen) atoms. The molecule has 1 aromatic heterocycles. The number of aromatic nitrogens is 1. The zero-order valence-electron chi connectivity index (χ0n) is 33.0. The highest BCUT2D eigenvalue weighted by molar-refractivity contribution is 6.09. The number of para-hydroxylation sites is 1. The fourth-order valence-corrected chi connectivity index (χ4v) is 7.03. The summed E-state index contributed by atoms with van der Waals surface area (Å²) in [6, 6.07) is 24.2. The minimum absolute atomic E-state index is 0.0337. The molecule has 3 aliphatic rings. The van der Waals surface area contributed by atoms with Crippen LogP contribution < -0.4 is 10.2 Å². The second kappa shape index (κ2) is 18.9. The predicted octanol–water partition coefficient (Wildman–Crippen LogP) is 11.2. The molecular weight excluding hydrogens is 671 g/mol. The molecule has 0 bridgehead atoms. The van der Waals surface area contributed by atoms with Crippen LogP contribution in [0.5, 0.6) is 0 Å². The molecular formula is C47H57N3O4. The molecule has 4 aromatic rings. The Morgan fingerprint density at radius 1 is 0.870 bits per heavy atom. The van der Waals surface area contributed by atoms with E-state index in [0.717, 1.165) is 47.1 Å². The van der Waals surface area contributed by atoms with E-state index in [2.05, 4.69) is 37.1 Å². The number of hydrogen-bond acceptors (Lipinski definition) is 5. The SMILES string of the molecule is CC(=O)c1ccc(C2=Cc3ccccc3N(C(=O)c3ccc(NC(=O)c4cc(C)cnc4C)cc3)CC2)cc1.CCC1(CC)CCOCC1.CCC1CC1. The maximum atomic E-state index is 13.7. The molecule has 1 N–H and O–H groups in total. The molecule has 7 nitrogen and oxygen atoms in total. The molecule has 2 aliphatic heterocycles. The molecule has 7 rings (SSSR count). The van der Waals surface area contributed by atoms with E-state index in [1.807, 2.05) is 61.5 Å². The molecule has 1 aliphatic carbocycles. The molecule has 3 heterocycles. The van der Waals surface area contributed by atoms with Gasteiger partial charge >= 0.3 is 0 Å². The van der Waals surface area contributed by atoms with Crippen molar-refractivity contribution < 1.29 is 19.1 Å². The van der Waals surface area contributed by atoms with E-state index in [1.54, 1.807) is 49.2 Å². The number of ether oxygens (including phenoxy) is 1. The number of carbonyl (C=O) groups excluding carboxylic acids is 3. The Bertz CT molecular complexity index is 1910. The van der Waals surface area contributed by atoms with Crippen molar-refractivity contribution in [1.29, 1.82) is 0 Å². The van der Waals surface area contributed by atoms with Crippen molar-refractivity contribution in [3.63, 3.8) is 0 Å². The Kier molecular flexibility index (Phi) is 14.1. The van der Waals surface area contributed by atoms with Crippen LogP contribution in [-0.4, -0.2) is 42.3 Å². The van der Waals surface area contributed by atoms with Crippen LogP contribution in [0.15, 0.2) is 85.1 Å². The van der Waals surface area contributed by atoms with Gasteiger partial charge in [0.05, 0.1) is 11.3 Å². The number of fused-ring (bicyclic) bond motifs is 1. The number of pyridine rings is 1. The highest BCUT2D eigenvalue weighted by Gasteiger charge is 2.28. The van der Waals surface area contributed by atoms with E-state index in [0.29, 0.717) is 46.5 Å². The van der Waals surface area contributed by atoms with Gasteiger partial charge < -0.3 is 15.0 Å². The number of aryl methyl sites for hydroxylation is 2. The van der Waals surface area contributed by atoms with Crippen LogP contribution in [0.4, 0.5) is 11.4 Å². The summed E-state index contributed by atoms with van der Waals surface area (Å²) < 4.78 is 5.33. The lowest BCUT2D eigenvalue weighted by atomic mass is 9.76. The molecule has 1 saturated carbocycles. The molecule has 1 saturated heterocycles. The first-order valence-corrected chi connectivity index (χ1v) is 19.7. The van der Waals surface area contributed by atoms with E-state index >= 15 is 0 Å². The van der Waals surface area contributed by atoms with Gasteiger partial charge in [-0.05, 0) is 116 Å². The lowest BCUT2D eigenvalue weighted by molar-refractivity contribution is 0.0105. The third-order valence-electron chi connectivity index (χ3n) is 11.3. The standard InChI is InChI=1S/C33H29N3O3.C9H18O.C5H10/c1-21-18-30(22(2)34-20-21)32(38)35-29-14-12-26(13-15-29)33(39)36-17-16-27(19-28-6-4-5-7-31(28)36)25-10-8-24(9-11-25)23(3)37;1-3-9(4-2)5-7-10-8-6-9;1-2-5-3-4-5/h4-15,18-20H,16-17H2,1-3H3,(H,35,38);3-8H2,1-2H3;5H,2-4H2,1H3. The van der Waals surface area contributed by atoms with Gasteiger partial charge in [0.25, 0.3) is 11.8 Å². The average Bonchev–Trinajstić information content (AvgIpc) is 4.07. The first-order valence-electron chi connectivity index (χ1n) is 19.7. The van der Waals surface area contributed by atoms with Crippen LogP contribution in [0, 0.1) is 25.2 Å². The quantitative estimate of drug-likeness (QED) is 0.183. The van der Waals surface area contributed by atoms with Gasteiger partial charge in [0.1, 0.15) is 0 Å². The fraction of sp³-hybridized carbons (Fsp3) is 0.404. The summed E-state index contributed by atoms with van der Waals surface area (Å²) in [4.78, 5) is 44.2. The van der Waals surface area contributed by atoms with Gasteiger partial charge in [-0.3, -0.25) is 19.4 Å². The average molecular weight is 728 g/mol. The number of nitrogens with one attached hydrogen (secondary N) is 1. The lowest BCUT2D eigenvalue weighted by Gasteiger charge is -2.35. The number of nitrogens with zero attached hydrogens (tertiary/aromatic N) is 2. The highest BCUT2D eigenvalue weighted by atomic mass is 16.5. The third kappa shape index (κ3) is 10.6. The number of rotatable bonds is 8. The molecule has 0 radical (unpaired) electrons. The van der Waals surface area contributed by atoms with Crippen LogP contribution in [0.3, 0.4) is 0 Å². The van der Waals surface area contributed by atoms with Crippen molar-refractivity contribution in [2.24, 2.45) is 11.3 Å². The Morgan fingerprint density at radius 3 is 2.09 bits per heavy atom. The number of anilines is 2. The maximum Gasteiger partial charge on any atom is 0.258 e. The molecule has 2 amide bonds. The van der Waals surface area contributed by atoms with Gasteiger partial charge in [-0.25, -0.2) is 0 Å². The van der Waals surface area contributed by atoms with Gasteiger partial charge in [-0.15, -0.1) is 0 Å². The monoisotopic (exact) mass is 727 g/mol. The lowest BCUT2D eigenvalue weighted by Crippen LogP contribution is -2.32. The summed E-state index contributed by atoms with van der Waals surface area (Å²) in [5, 5.41) is 2.90. The smallest absolute Gasteiger partial charge is 0.258 e. The Balaban J connectivity index is 0.000000309. The normalized spacial score (nSPS) is 15.9. The maximum absolute atomic E-state index is 13.7. The number of Topliss-reactive ketones (excluding diaryl/α,β-unsaturated/α-hetero) is 1. The van der Waals surface area contributed by atoms with Crippen LogP contribution in [0.1, 0.15) is 133 Å². The van der Waals surface area contributed by atoms with Gasteiger partial charge in [-0.1, -0.05) is 95.3 Å². The number of hydrogen-bond donors (Lipinski definition) is 1. The van der Waals surface area contributed by atoms with Crippen molar-refractivity contribution in [1.82, 2.24) is 4.98 Å². The number of amides is 2. The molecule has 0 unspecified atom stereocenters. The minimum Gasteiger partial charge on any atom is -0.381 e. The summed E-state index contributed by atoms with van der Waals surface area (Å²) >= 11 is 0. The Hall–Kier alpha value is -4.88. The van der Waals surface area contributed by atoms with Crippen LogP contribution >= 0.6 is 0 Å². The van der Waals surface area contributed by atoms with Crippen molar-refractivity contribution >= 4 is 40.6 Å². The second-order valence-corrected chi connectivity index (χ2v) is 14.9. The second-order valence-electron chi connectivity index (χ2n) is 14.9. The molecule has 0 atom stereocenters. The summed E-state index contributed by atoms with van der Waals surface area (Å²) in [6.07, 6.45) is 14.2. The summed E-state index contributed by atoms with van der Waals surface area (Å²) in [5.41, 5.74) is 8.48. The summed E-state index contributed by atoms with van der Waals surface area (Å²) in [6.45, 7) is 14.6. The van der Waals surface area contributed by atoms with Crippen molar-refractivity contribution in [2.75, 3.05) is 30.0 Å². The van der Waals surface area contributed by atoms with E-state index in [9.17, 15) is 14.4 Å². The first-order chi connectivity index (χ1) is 26.1. The third-order valence-corrected chi connectivity index (χ3v) is 11.3. The van der Waals surface area contributed by atoms with Crippen molar-refractivity contribution in [3.05, 3.63) is 124 Å². The van der Waals surface area contributed by atoms with E-state index in [4.69, 9.17) is 4.74 Å². The number of benzene rings is 3. The molecule has 3 aromatic carbocycles. The largest absolute Gasteiger partial charge is 0.381 e. The molecule has 2 fully saturated rings. The molecule has 0 spiro atoms. The number of ketones is 1. The predicted molar refractivity (Wildman–Crippen MR) is 221 cm³/mol. The van der Waals surface area contributed by atoms with Crippen LogP contribution in [0.2, 0.25) is 0 Å². The van der Waals surface area contributed by atoms with E-state index < -0.39 is 0 Å². The van der Waals surface area contributed by atoms with Gasteiger partial charge in [0, 0.05) is 48.5 Å². The van der Waals surface area contributed by atoms with Crippen molar-refractivity contribution in [2.45, 2.75) is 92.9 Å². The molecule has 284 valence electrons. The zero-order chi connectivity index (χ0) is 38.7.